The molecule has 0 aliphatic carbocycles. The van der Waals surface area contributed by atoms with Crippen molar-refractivity contribution in [3.05, 3.63) is 64.0 Å². The Balaban J connectivity index is 1.60. The van der Waals surface area contributed by atoms with E-state index in [9.17, 15) is 9.59 Å². The standard InChI is InChI=1S/C25H26N2O3S/c1-4-5-24-26-20(15-31-24)19-10-11-23-21(12-19)27(25(29)14-30-23)13-22(28)18-8-6-17(7-9-18)16(2)3/h6-12,15-16H,4-5,13-14H2,1-3H3. The predicted molar refractivity (Wildman–Crippen MR) is 124 cm³/mol. The number of rotatable bonds is 7. The van der Waals surface area contributed by atoms with E-state index < -0.39 is 0 Å². The highest BCUT2D eigenvalue weighted by Gasteiger charge is 2.28. The smallest absolute Gasteiger partial charge is 0.265 e. The second-order valence-electron chi connectivity index (χ2n) is 8.03. The highest BCUT2D eigenvalue weighted by molar-refractivity contribution is 7.09. The van der Waals surface area contributed by atoms with Crippen LogP contribution in [0.2, 0.25) is 0 Å². The number of nitrogens with zero attached hydrogens (tertiary/aromatic N) is 2. The highest BCUT2D eigenvalue weighted by atomic mass is 32.1. The monoisotopic (exact) mass is 434 g/mol. The molecule has 0 unspecified atom stereocenters. The van der Waals surface area contributed by atoms with Gasteiger partial charge in [0.25, 0.3) is 5.91 Å². The number of anilines is 1. The molecule has 4 rings (SSSR count). The summed E-state index contributed by atoms with van der Waals surface area (Å²) in [6.45, 7) is 6.28. The Labute approximate surface area is 186 Å². The average molecular weight is 435 g/mol. The van der Waals surface area contributed by atoms with Crippen LogP contribution in [0.3, 0.4) is 0 Å². The fraction of sp³-hybridized carbons (Fsp3) is 0.320. The molecule has 1 aliphatic heterocycles. The maximum absolute atomic E-state index is 12.9. The number of thiazole rings is 1. The second-order valence-corrected chi connectivity index (χ2v) is 8.97. The van der Waals surface area contributed by atoms with Gasteiger partial charge < -0.3 is 4.74 Å². The van der Waals surface area contributed by atoms with Crippen LogP contribution >= 0.6 is 11.3 Å². The van der Waals surface area contributed by atoms with Crippen LogP contribution < -0.4 is 9.64 Å². The third kappa shape index (κ3) is 4.54. The van der Waals surface area contributed by atoms with Crippen LogP contribution in [0, 0.1) is 0 Å². The van der Waals surface area contributed by atoms with Gasteiger partial charge in [0.2, 0.25) is 0 Å². The second kappa shape index (κ2) is 9.02. The Morgan fingerprint density at radius 3 is 2.68 bits per heavy atom. The molecule has 0 bridgehead atoms. The van der Waals surface area contributed by atoms with Gasteiger partial charge in [0.05, 0.1) is 22.9 Å². The minimum Gasteiger partial charge on any atom is -0.482 e. The van der Waals surface area contributed by atoms with Crippen molar-refractivity contribution in [2.45, 2.75) is 39.5 Å². The van der Waals surface area contributed by atoms with Crippen LogP contribution in [0.15, 0.2) is 47.8 Å². The number of fused-ring (bicyclic) bond motifs is 1. The summed E-state index contributed by atoms with van der Waals surface area (Å²) < 4.78 is 5.61. The Bertz CT molecular complexity index is 1100. The first kappa shape index (κ1) is 21.2. The van der Waals surface area contributed by atoms with Crippen LogP contribution in [0.25, 0.3) is 11.3 Å². The van der Waals surface area contributed by atoms with Crippen molar-refractivity contribution in [1.29, 1.82) is 0 Å². The molecule has 6 heteroatoms. The Morgan fingerprint density at radius 1 is 1.19 bits per heavy atom. The summed E-state index contributed by atoms with van der Waals surface area (Å²) >= 11 is 1.64. The van der Waals surface area contributed by atoms with Gasteiger partial charge in [-0.05, 0) is 42.5 Å². The summed E-state index contributed by atoms with van der Waals surface area (Å²) in [4.78, 5) is 31.8. The van der Waals surface area contributed by atoms with E-state index in [2.05, 4.69) is 20.8 Å². The summed E-state index contributed by atoms with van der Waals surface area (Å²) in [5.41, 5.74) is 4.19. The molecule has 0 atom stereocenters. The minimum atomic E-state index is -0.221. The molecule has 160 valence electrons. The Kier molecular flexibility index (Phi) is 6.18. The van der Waals surface area contributed by atoms with Crippen LogP contribution in [0.4, 0.5) is 5.69 Å². The van der Waals surface area contributed by atoms with Gasteiger partial charge >= 0.3 is 0 Å². The van der Waals surface area contributed by atoms with Gasteiger partial charge in [0.15, 0.2) is 12.4 Å². The van der Waals surface area contributed by atoms with E-state index >= 15 is 0 Å². The lowest BCUT2D eigenvalue weighted by atomic mass is 10.00. The van der Waals surface area contributed by atoms with Gasteiger partial charge in [-0.3, -0.25) is 14.5 Å². The van der Waals surface area contributed by atoms with Crippen molar-refractivity contribution >= 4 is 28.7 Å². The third-order valence-corrected chi connectivity index (χ3v) is 6.32. The minimum absolute atomic E-state index is 0.0160. The molecular weight excluding hydrogens is 408 g/mol. The van der Waals surface area contributed by atoms with Crippen molar-refractivity contribution in [2.75, 3.05) is 18.1 Å². The first-order valence-corrected chi connectivity index (χ1v) is 11.5. The quantitative estimate of drug-likeness (QED) is 0.461. The molecule has 0 radical (unpaired) electrons. The number of aryl methyl sites for hydroxylation is 1. The number of benzene rings is 2. The molecule has 31 heavy (non-hydrogen) atoms. The van der Waals surface area contributed by atoms with Gasteiger partial charge in [0.1, 0.15) is 5.75 Å². The van der Waals surface area contributed by atoms with Crippen LogP contribution in [0.1, 0.15) is 54.0 Å². The SMILES string of the molecule is CCCc1nc(-c2ccc3c(c2)N(CC(=O)c2ccc(C(C)C)cc2)C(=O)CO3)cs1. The van der Waals surface area contributed by atoms with Crippen LogP contribution in [-0.2, 0) is 11.2 Å². The summed E-state index contributed by atoms with van der Waals surface area (Å²) in [7, 11) is 0. The van der Waals surface area contributed by atoms with E-state index in [4.69, 9.17) is 9.72 Å². The van der Waals surface area contributed by atoms with E-state index in [1.165, 1.54) is 10.5 Å². The lowest BCUT2D eigenvalue weighted by Gasteiger charge is -2.29. The van der Waals surface area contributed by atoms with Gasteiger partial charge in [0, 0.05) is 16.5 Å². The molecule has 0 spiro atoms. The molecule has 3 aromatic rings. The summed E-state index contributed by atoms with van der Waals surface area (Å²) in [5, 5.41) is 3.13. The van der Waals surface area contributed by atoms with E-state index in [-0.39, 0.29) is 24.8 Å². The molecule has 1 aliphatic rings. The van der Waals surface area contributed by atoms with Crippen LogP contribution in [-0.4, -0.2) is 29.8 Å². The number of hydrogen-bond acceptors (Lipinski definition) is 5. The highest BCUT2D eigenvalue weighted by Crippen LogP contribution is 2.36. The van der Waals surface area contributed by atoms with E-state index in [1.807, 2.05) is 47.8 Å². The fourth-order valence-corrected chi connectivity index (χ4v) is 4.51. The lowest BCUT2D eigenvalue weighted by molar-refractivity contribution is -0.121. The predicted octanol–water partition coefficient (Wildman–Crippen LogP) is 5.49. The molecular formula is C25H26N2O3S. The molecule has 5 nitrogen and oxygen atoms in total. The van der Waals surface area contributed by atoms with Gasteiger partial charge in [-0.25, -0.2) is 4.98 Å². The van der Waals surface area contributed by atoms with Crippen molar-refractivity contribution in [2.24, 2.45) is 0 Å². The van der Waals surface area contributed by atoms with Crippen molar-refractivity contribution in [1.82, 2.24) is 4.98 Å². The Hall–Kier alpha value is -2.99. The molecule has 0 saturated carbocycles. The number of ketones is 1. The van der Waals surface area contributed by atoms with Crippen LogP contribution in [0.5, 0.6) is 5.75 Å². The molecule has 1 aromatic heterocycles. The summed E-state index contributed by atoms with van der Waals surface area (Å²) in [5.74, 6) is 0.691. The normalized spacial score (nSPS) is 13.3. The zero-order chi connectivity index (χ0) is 22.0. The van der Waals surface area contributed by atoms with Gasteiger partial charge in [-0.1, -0.05) is 45.0 Å². The Morgan fingerprint density at radius 2 is 1.97 bits per heavy atom. The summed E-state index contributed by atoms with van der Waals surface area (Å²) in [6.07, 6.45) is 2.00. The number of aromatic nitrogens is 1. The molecule has 0 N–H and O–H groups in total. The maximum atomic E-state index is 12.9. The first-order chi connectivity index (χ1) is 15.0. The number of carbonyl (C=O) groups is 2. The molecule has 2 aromatic carbocycles. The zero-order valence-corrected chi connectivity index (χ0v) is 18.9. The number of ether oxygens (including phenoxy) is 1. The number of carbonyl (C=O) groups excluding carboxylic acids is 2. The van der Waals surface area contributed by atoms with Crippen molar-refractivity contribution in [3.8, 4) is 17.0 Å². The van der Waals surface area contributed by atoms with E-state index in [1.54, 1.807) is 11.3 Å². The maximum Gasteiger partial charge on any atom is 0.265 e. The van der Waals surface area contributed by atoms with Crippen molar-refractivity contribution in [3.63, 3.8) is 0 Å². The molecule has 2 heterocycles. The topological polar surface area (TPSA) is 59.5 Å². The third-order valence-electron chi connectivity index (χ3n) is 5.41. The van der Waals surface area contributed by atoms with Crippen molar-refractivity contribution < 1.29 is 14.3 Å². The number of hydrogen-bond donors (Lipinski definition) is 0. The summed E-state index contributed by atoms with van der Waals surface area (Å²) in [6, 6.07) is 13.3. The molecule has 0 saturated heterocycles. The fourth-order valence-electron chi connectivity index (χ4n) is 3.60. The largest absolute Gasteiger partial charge is 0.482 e. The van der Waals surface area contributed by atoms with E-state index in [0.717, 1.165) is 29.1 Å². The average Bonchev–Trinajstić information content (AvgIpc) is 3.24. The van der Waals surface area contributed by atoms with E-state index in [0.29, 0.717) is 22.9 Å². The molecule has 1 amide bonds. The number of Topliss-reactive ketones (excluding diaryl/α,β-unsaturated/α-hetero) is 1. The number of amides is 1. The molecule has 0 fully saturated rings. The van der Waals surface area contributed by atoms with Gasteiger partial charge in [-0.2, -0.15) is 0 Å². The first-order valence-electron chi connectivity index (χ1n) is 10.6. The zero-order valence-electron chi connectivity index (χ0n) is 18.1. The lowest BCUT2D eigenvalue weighted by Crippen LogP contribution is -2.42. The van der Waals surface area contributed by atoms with Gasteiger partial charge in [-0.15, -0.1) is 11.3 Å².